The zero-order chi connectivity index (χ0) is 80.3. The lowest BCUT2D eigenvalue weighted by molar-refractivity contribution is 1.10. The summed E-state index contributed by atoms with van der Waals surface area (Å²) in [5, 5.41) is 18.8. The van der Waals surface area contributed by atoms with Crippen LogP contribution in [0.3, 0.4) is 0 Å². The van der Waals surface area contributed by atoms with Gasteiger partial charge < -0.3 is 22.8 Å². The highest BCUT2D eigenvalue weighted by atomic mass is 15.1. The Hall–Kier alpha value is -16.4. The van der Waals surface area contributed by atoms with E-state index in [9.17, 15) is 0 Å². The summed E-state index contributed by atoms with van der Waals surface area (Å²) in [5.41, 5.74) is 28.8. The van der Waals surface area contributed by atoms with Gasteiger partial charge in [-0.2, -0.15) is 0 Å². The minimum Gasteiger partial charge on any atom is -0.309 e. The summed E-state index contributed by atoms with van der Waals surface area (Å²) in [6.45, 7) is 0. The van der Waals surface area contributed by atoms with Crippen molar-refractivity contribution in [2.75, 3.05) is 0 Å². The lowest BCUT2D eigenvalue weighted by Crippen LogP contribution is -1.97. The van der Waals surface area contributed by atoms with Crippen LogP contribution >= 0.6 is 0 Å². The summed E-state index contributed by atoms with van der Waals surface area (Å²) in [7, 11) is 0. The highest BCUT2D eigenvalue weighted by Gasteiger charge is 2.22. The molecular formula is C115H75N7. The number of benzene rings is 19. The number of para-hydroxylation sites is 11. The smallest absolute Gasteiger partial charge is 0.138 e. The Labute approximate surface area is 702 Å². The molecule has 19 aromatic carbocycles. The van der Waals surface area contributed by atoms with Crippen LogP contribution in [0, 0.1) is 0 Å². The highest BCUT2D eigenvalue weighted by molar-refractivity contribution is 6.17. The molecule has 0 amide bonds. The molecule has 0 aliphatic rings. The largest absolute Gasteiger partial charge is 0.309 e. The van der Waals surface area contributed by atoms with Gasteiger partial charge in [-0.05, 0) is 232 Å². The van der Waals surface area contributed by atoms with Crippen molar-refractivity contribution in [3.8, 4) is 67.6 Å². The van der Waals surface area contributed by atoms with Gasteiger partial charge in [0.25, 0.3) is 0 Å². The first kappa shape index (κ1) is 69.9. The molecule has 0 N–H and O–H groups in total. The first-order valence-electron chi connectivity index (χ1n) is 41.8. The maximum Gasteiger partial charge on any atom is 0.138 e. The molecule has 7 aromatic heterocycles. The number of hydrogen-bond donors (Lipinski definition) is 0. The van der Waals surface area contributed by atoms with Gasteiger partial charge in [0.2, 0.25) is 0 Å². The summed E-state index contributed by atoms with van der Waals surface area (Å²) >= 11 is 0. The monoisotopic (exact) mass is 1550 g/mol. The van der Waals surface area contributed by atoms with Crippen molar-refractivity contribution in [2.24, 2.45) is 0 Å². The predicted molar refractivity (Wildman–Crippen MR) is 514 cm³/mol. The van der Waals surface area contributed by atoms with Gasteiger partial charge >= 0.3 is 0 Å². The molecule has 0 fully saturated rings. The molecule has 122 heavy (non-hydrogen) atoms. The summed E-state index contributed by atoms with van der Waals surface area (Å²) in [6.07, 6.45) is 0. The van der Waals surface area contributed by atoms with E-state index in [0.29, 0.717) is 0 Å². The number of rotatable bonds is 9. The van der Waals surface area contributed by atoms with Gasteiger partial charge in [-0.3, -0.25) is 4.57 Å². The van der Waals surface area contributed by atoms with E-state index in [1.54, 1.807) is 0 Å². The molecule has 7 heteroatoms. The second kappa shape index (κ2) is 28.8. The normalized spacial score (nSPS) is 11.8. The van der Waals surface area contributed by atoms with E-state index in [4.69, 9.17) is 4.98 Å². The molecule has 0 radical (unpaired) electrons. The summed E-state index contributed by atoms with van der Waals surface area (Å²) in [6, 6.07) is 164. The second-order valence-electron chi connectivity index (χ2n) is 31.7. The van der Waals surface area contributed by atoms with Crippen LogP contribution in [0.1, 0.15) is 0 Å². The van der Waals surface area contributed by atoms with Crippen molar-refractivity contribution < 1.29 is 0 Å². The van der Waals surface area contributed by atoms with E-state index in [1.165, 1.54) is 192 Å². The lowest BCUT2D eigenvalue weighted by Gasteiger charge is -2.10. The third-order valence-corrected chi connectivity index (χ3v) is 24.9. The summed E-state index contributed by atoms with van der Waals surface area (Å²) < 4.78 is 14.2. The summed E-state index contributed by atoms with van der Waals surface area (Å²) in [5.74, 6) is 0.933. The zero-order valence-corrected chi connectivity index (χ0v) is 66.4. The van der Waals surface area contributed by atoms with Crippen molar-refractivity contribution in [3.05, 3.63) is 455 Å². The van der Waals surface area contributed by atoms with Gasteiger partial charge in [-0.25, -0.2) is 4.98 Å². The number of aromatic nitrogens is 7. The lowest BCUT2D eigenvalue weighted by atomic mass is 10.0. The maximum absolute atomic E-state index is 5.05. The summed E-state index contributed by atoms with van der Waals surface area (Å²) in [4.78, 5) is 5.05. The Balaban J connectivity index is 0.000000104. The topological polar surface area (TPSA) is 42.5 Å². The van der Waals surface area contributed by atoms with Crippen molar-refractivity contribution in [1.82, 2.24) is 32.4 Å². The molecule has 0 atom stereocenters. The molecule has 0 spiro atoms. The minimum absolute atomic E-state index is 0.933. The minimum atomic E-state index is 0.933. The Morgan fingerprint density at radius 3 is 0.680 bits per heavy atom. The SMILES string of the molecule is c1ccc(-n2c3ccccc3c3cc(-c4ccc5c(c4)c4ccccc4n5-c4ccc5ccccc5c4)ccc32)cc1.c1ccc(-n2c3ccccc3c3cc(-c4ccc5c(c4)c4ccccc4n5-c4ccc5ccccc5n4)ccc32)cc1.c1ccc(-n2c3ccccc3c3cc(-c4ccc5c(c4)c4ccccc4n5-c4ccccc4)ccc32)cc1. The molecule has 26 rings (SSSR count). The van der Waals surface area contributed by atoms with Crippen molar-refractivity contribution in [2.45, 2.75) is 0 Å². The van der Waals surface area contributed by atoms with E-state index in [1.807, 2.05) is 6.07 Å². The van der Waals surface area contributed by atoms with E-state index in [2.05, 4.69) is 476 Å². The highest BCUT2D eigenvalue weighted by Crippen LogP contribution is 2.44. The molecule has 0 aliphatic heterocycles. The number of hydrogen-bond acceptors (Lipinski definition) is 1. The Morgan fingerprint density at radius 1 is 0.131 bits per heavy atom. The Morgan fingerprint density at radius 2 is 0.361 bits per heavy atom. The van der Waals surface area contributed by atoms with Crippen molar-refractivity contribution in [1.29, 1.82) is 0 Å². The van der Waals surface area contributed by atoms with Crippen LogP contribution in [0.4, 0.5) is 0 Å². The van der Waals surface area contributed by atoms with Crippen LogP contribution in [0.25, 0.3) is 220 Å². The molecular weight excluding hydrogens is 1480 g/mol. The van der Waals surface area contributed by atoms with Crippen LogP contribution in [-0.2, 0) is 0 Å². The molecule has 7 nitrogen and oxygen atoms in total. The fourth-order valence-electron chi connectivity index (χ4n) is 19.4. The van der Waals surface area contributed by atoms with Crippen LogP contribution in [0.5, 0.6) is 0 Å². The molecule has 0 aliphatic carbocycles. The van der Waals surface area contributed by atoms with Crippen LogP contribution in [0.2, 0.25) is 0 Å². The van der Waals surface area contributed by atoms with Gasteiger partial charge in [0.15, 0.2) is 0 Å². The number of pyridine rings is 1. The molecule has 0 saturated carbocycles. The maximum atomic E-state index is 5.05. The molecule has 0 bridgehead atoms. The van der Waals surface area contributed by atoms with Crippen LogP contribution in [-0.4, -0.2) is 32.4 Å². The quantitative estimate of drug-likeness (QED) is 0.142. The molecule has 0 unspecified atom stereocenters. The Bertz CT molecular complexity index is 8130. The van der Waals surface area contributed by atoms with Gasteiger partial charge in [0, 0.05) is 98.5 Å². The van der Waals surface area contributed by atoms with Crippen LogP contribution < -0.4 is 0 Å². The van der Waals surface area contributed by atoms with Crippen molar-refractivity contribution in [3.63, 3.8) is 0 Å². The standard InChI is InChI=1S/C40H26N2.C39H25N3.C36H24N2/c1-2-12-31(13-3-1)41-37-16-8-6-14-33(37)35-25-29(19-22-39(35)41)30-20-23-40-36(26-30)34-15-7-9-17-38(34)42(40)32-21-18-27-10-4-5-11-28(27)24-32;1-2-11-29(12-3-1)41-35-16-8-5-13-30(35)32-24-27(18-21-37(32)41)28-19-22-38-33(25-28)31-14-6-9-17-36(31)42(38)39-23-20-26-10-4-7-15-34(26)40-39;1-3-11-27(12-4-1)37-33-17-9-7-15-29(33)31-23-25(19-21-35(31)37)26-20-22-36-32(24-26)30-16-8-10-18-34(30)38(36)28-13-5-2-6-14-28/h1-26H;1-25H;1-24H. The predicted octanol–water partition coefficient (Wildman–Crippen LogP) is 30.3. The molecule has 7 heterocycles. The molecule has 570 valence electrons. The fourth-order valence-corrected chi connectivity index (χ4v) is 19.4. The first-order valence-corrected chi connectivity index (χ1v) is 41.8. The van der Waals surface area contributed by atoms with Gasteiger partial charge in [-0.1, -0.05) is 267 Å². The average molecular weight is 1550 g/mol. The third-order valence-electron chi connectivity index (χ3n) is 24.9. The number of fused-ring (bicyclic) bond motifs is 20. The van der Waals surface area contributed by atoms with Crippen molar-refractivity contribution >= 4 is 153 Å². The van der Waals surface area contributed by atoms with E-state index >= 15 is 0 Å². The fraction of sp³-hybridized carbons (Fsp3) is 0. The van der Waals surface area contributed by atoms with Gasteiger partial charge in [0.1, 0.15) is 5.82 Å². The van der Waals surface area contributed by atoms with E-state index < -0.39 is 0 Å². The van der Waals surface area contributed by atoms with Gasteiger partial charge in [-0.15, -0.1) is 0 Å². The molecule has 26 aromatic rings. The number of nitrogens with zero attached hydrogens (tertiary/aromatic N) is 7. The first-order chi connectivity index (χ1) is 60.5. The Kier molecular flexibility index (Phi) is 16.5. The molecule has 0 saturated heterocycles. The van der Waals surface area contributed by atoms with Gasteiger partial charge in [0.05, 0.1) is 71.7 Å². The third kappa shape index (κ3) is 11.5. The van der Waals surface area contributed by atoms with E-state index in [0.717, 1.165) is 27.8 Å². The zero-order valence-electron chi connectivity index (χ0n) is 66.4. The van der Waals surface area contributed by atoms with Crippen LogP contribution in [0.15, 0.2) is 455 Å². The second-order valence-corrected chi connectivity index (χ2v) is 31.7. The average Bonchev–Trinajstić information content (AvgIpc) is 1.60. The van der Waals surface area contributed by atoms with E-state index in [-0.39, 0.29) is 0 Å².